The summed E-state index contributed by atoms with van der Waals surface area (Å²) in [4.78, 5) is 8.56. The summed E-state index contributed by atoms with van der Waals surface area (Å²) in [5, 5.41) is 13.9. The Balaban J connectivity index is -0.00000000750. The van der Waals surface area contributed by atoms with Crippen molar-refractivity contribution in [1.82, 2.24) is 0 Å². The van der Waals surface area contributed by atoms with Crippen molar-refractivity contribution in [2.75, 3.05) is 0 Å². The molecule has 3 nitrogen and oxygen atoms in total. The molecule has 0 saturated heterocycles. The summed E-state index contributed by atoms with van der Waals surface area (Å²) in [5.41, 5.74) is 0. The molecule has 0 aliphatic rings. The summed E-state index contributed by atoms with van der Waals surface area (Å²) in [7, 11) is 0. The molecule has 0 saturated carbocycles. The zero-order valence-corrected chi connectivity index (χ0v) is 5.15. The molecule has 0 spiro atoms. The monoisotopic (exact) mass is 124 g/mol. The normalized spacial score (nSPS) is 4.00. The van der Waals surface area contributed by atoms with Crippen LogP contribution in [0.15, 0.2) is 0 Å². The third-order valence-electron chi connectivity index (χ3n) is 0. The van der Waals surface area contributed by atoms with Crippen molar-refractivity contribution < 1.29 is 17.9 Å². The molecular formula is CH5ClMgO3. The largest absolute Gasteiger partial charge is 2.00 e. The first-order valence-electron chi connectivity index (χ1n) is 0.651. The summed E-state index contributed by atoms with van der Waals surface area (Å²) in [6, 6.07) is 0. The molecule has 0 aromatic carbocycles. The van der Waals surface area contributed by atoms with E-state index in [1.165, 1.54) is 0 Å². The van der Waals surface area contributed by atoms with E-state index in [4.69, 9.17) is 15.0 Å². The van der Waals surface area contributed by atoms with Gasteiger partial charge in [-0.05, 0) is 0 Å². The van der Waals surface area contributed by atoms with Gasteiger partial charge in [0.05, 0.1) is 0 Å². The maximum absolute atomic E-state index is 8.56. The maximum Gasteiger partial charge on any atom is 2.00 e. The topological polar surface area (TPSA) is 57.5 Å². The fourth-order valence-corrected chi connectivity index (χ4v) is 0. The second-order valence-corrected chi connectivity index (χ2v) is 0.283. The number of halogens is 1. The van der Waals surface area contributed by atoms with Crippen LogP contribution in [0, 0.1) is 0 Å². The van der Waals surface area contributed by atoms with Crippen molar-refractivity contribution in [2.24, 2.45) is 0 Å². The van der Waals surface area contributed by atoms with E-state index < -0.39 is 6.16 Å². The molecule has 2 N–H and O–H groups in total. The van der Waals surface area contributed by atoms with Gasteiger partial charge in [-0.3, -0.25) is 0 Å². The van der Waals surface area contributed by atoms with Crippen LogP contribution in [-0.4, -0.2) is 39.4 Å². The van der Waals surface area contributed by atoms with E-state index in [0.29, 0.717) is 0 Å². The molecule has 0 atom stereocenters. The second kappa shape index (κ2) is 9.01. The van der Waals surface area contributed by atoms with Gasteiger partial charge >= 0.3 is 29.2 Å². The van der Waals surface area contributed by atoms with Gasteiger partial charge in [0, 0.05) is 0 Å². The van der Waals surface area contributed by atoms with E-state index in [1.54, 1.807) is 0 Å². The molecule has 0 heterocycles. The van der Waals surface area contributed by atoms with E-state index in [9.17, 15) is 0 Å². The van der Waals surface area contributed by atoms with E-state index in [0.717, 1.165) is 0 Å². The Kier molecular flexibility index (Phi) is 24.4. The molecule has 0 aromatic rings. The van der Waals surface area contributed by atoms with Gasteiger partial charge in [0.25, 0.3) is 0 Å². The zero-order valence-electron chi connectivity index (χ0n) is 4.92. The van der Waals surface area contributed by atoms with Crippen LogP contribution in [-0.2, 0) is 0 Å². The minimum absolute atomic E-state index is 0. The Morgan fingerprint density at radius 1 is 1.50 bits per heavy atom. The van der Waals surface area contributed by atoms with Gasteiger partial charge in [-0.2, -0.15) is 0 Å². The van der Waals surface area contributed by atoms with Crippen molar-refractivity contribution in [1.29, 1.82) is 0 Å². The smallest absolute Gasteiger partial charge is 1.00 e. The minimum Gasteiger partial charge on any atom is -1.00 e. The number of hydrogen-bond donors (Lipinski definition) is 2. The van der Waals surface area contributed by atoms with Crippen LogP contribution >= 0.6 is 12.4 Å². The third kappa shape index (κ3) is 450. The summed E-state index contributed by atoms with van der Waals surface area (Å²) in [6.45, 7) is 0. The molecule has 6 heavy (non-hydrogen) atoms. The fraction of sp³-hybridized carbons (Fsp3) is 0. The molecule has 0 aromatic heterocycles. The number of carbonyl (C=O) groups is 1. The summed E-state index contributed by atoms with van der Waals surface area (Å²) >= 11 is 0. The van der Waals surface area contributed by atoms with Crippen LogP contribution < -0.4 is 0 Å². The average Bonchev–Trinajstić information content (AvgIpc) is 0.811. The predicted molar refractivity (Wildman–Crippen MR) is 25.9 cm³/mol. The third-order valence-corrected chi connectivity index (χ3v) is 0. The first-order chi connectivity index (χ1) is 1.73. The molecule has 0 unspecified atom stereocenters. The van der Waals surface area contributed by atoms with Gasteiger partial charge in [0.1, 0.15) is 0 Å². The Bertz CT molecular complexity index is 40.3. The van der Waals surface area contributed by atoms with Crippen molar-refractivity contribution in [3.63, 3.8) is 0 Å². The van der Waals surface area contributed by atoms with Gasteiger partial charge < -0.3 is 13.1 Å². The van der Waals surface area contributed by atoms with Crippen molar-refractivity contribution in [3.05, 3.63) is 0 Å². The molecule has 0 rings (SSSR count). The molecule has 36 valence electrons. The molecule has 0 bridgehead atoms. The van der Waals surface area contributed by atoms with Crippen LogP contribution in [0.4, 0.5) is 4.79 Å². The van der Waals surface area contributed by atoms with Crippen LogP contribution in [0.2, 0.25) is 0 Å². The summed E-state index contributed by atoms with van der Waals surface area (Å²) in [6.07, 6.45) is -1.83. The van der Waals surface area contributed by atoms with Gasteiger partial charge in [-0.1, -0.05) is 0 Å². The van der Waals surface area contributed by atoms with Crippen LogP contribution in [0.1, 0.15) is 2.85 Å². The Labute approximate surface area is 59.9 Å². The van der Waals surface area contributed by atoms with Crippen molar-refractivity contribution in [3.8, 4) is 0 Å². The van der Waals surface area contributed by atoms with Gasteiger partial charge in [-0.25, -0.2) is 4.79 Å². The first-order valence-corrected chi connectivity index (χ1v) is 0.651. The molecule has 0 radical (unpaired) electrons. The molecule has 0 aliphatic heterocycles. The van der Waals surface area contributed by atoms with Gasteiger partial charge in [0.15, 0.2) is 0 Å². The summed E-state index contributed by atoms with van der Waals surface area (Å²) < 4.78 is 0. The molecule has 0 aliphatic carbocycles. The molecule has 5 heteroatoms. The van der Waals surface area contributed by atoms with Crippen LogP contribution in [0.5, 0.6) is 0 Å². The number of rotatable bonds is 0. The second-order valence-electron chi connectivity index (χ2n) is 0.283. The average molecular weight is 125 g/mol. The van der Waals surface area contributed by atoms with Crippen LogP contribution in [0.3, 0.4) is 0 Å². The van der Waals surface area contributed by atoms with E-state index in [1.807, 2.05) is 0 Å². The number of hydrogen-bond acceptors (Lipinski definition) is 1. The molecule has 0 fully saturated rings. The van der Waals surface area contributed by atoms with Crippen molar-refractivity contribution >= 4 is 41.6 Å². The fourth-order valence-electron chi connectivity index (χ4n) is 0. The molecular weight excluding hydrogens is 120 g/mol. The Morgan fingerprint density at radius 2 is 1.50 bits per heavy atom. The number of carboxylic acid groups (broad SMARTS) is 2. The predicted octanol–water partition coefficient (Wildman–Crippen LogP) is 0.488. The standard InChI is InChI=1S/CH2O3.ClH.Mg.2H/c2-1(3)4;;;;/h(H2,2,3,4);1H;;;/q;;+2;2*-1. The van der Waals surface area contributed by atoms with Gasteiger partial charge in [0.2, 0.25) is 0 Å². The van der Waals surface area contributed by atoms with Crippen LogP contribution in [0.25, 0.3) is 0 Å². The minimum atomic E-state index is -1.83. The van der Waals surface area contributed by atoms with Crippen molar-refractivity contribution in [2.45, 2.75) is 0 Å². The SMILES string of the molecule is Cl.O=C(O)O.[H-].[H-].[Mg+2]. The molecule has 0 amide bonds. The Hall–Kier alpha value is 0.326. The van der Waals surface area contributed by atoms with Gasteiger partial charge in [-0.15, -0.1) is 12.4 Å². The zero-order chi connectivity index (χ0) is 3.58. The summed E-state index contributed by atoms with van der Waals surface area (Å²) in [5.74, 6) is 0. The Morgan fingerprint density at radius 3 is 1.50 bits per heavy atom. The maximum atomic E-state index is 8.56. The first kappa shape index (κ1) is 16.2. The van der Waals surface area contributed by atoms with E-state index in [-0.39, 0.29) is 38.3 Å². The van der Waals surface area contributed by atoms with E-state index in [2.05, 4.69) is 0 Å². The quantitative estimate of drug-likeness (QED) is 0.463. The van der Waals surface area contributed by atoms with E-state index >= 15 is 0 Å².